The van der Waals surface area contributed by atoms with Gasteiger partial charge >= 0.3 is 0 Å². The van der Waals surface area contributed by atoms with Crippen molar-refractivity contribution in [1.29, 1.82) is 5.41 Å². The molecule has 0 rings (SSSR count). The molecular formula is C6H15N3. The van der Waals surface area contributed by atoms with Crippen LogP contribution in [0.4, 0.5) is 0 Å². The van der Waals surface area contributed by atoms with Crippen LogP contribution in [-0.4, -0.2) is 30.9 Å². The van der Waals surface area contributed by atoms with Crippen molar-refractivity contribution >= 4 is 5.71 Å². The second-order valence-corrected chi connectivity index (χ2v) is 2.52. The van der Waals surface area contributed by atoms with Crippen LogP contribution in [0.2, 0.25) is 0 Å². The van der Waals surface area contributed by atoms with Gasteiger partial charge in [-0.1, -0.05) is 0 Å². The van der Waals surface area contributed by atoms with Gasteiger partial charge in [-0.25, -0.2) is 0 Å². The number of nitrogens with two attached hydrogens (primary N) is 1. The summed E-state index contributed by atoms with van der Waals surface area (Å²) in [5.41, 5.74) is 6.24. The summed E-state index contributed by atoms with van der Waals surface area (Å²) in [6.07, 6.45) is 0.662. The van der Waals surface area contributed by atoms with E-state index in [0.29, 0.717) is 12.1 Å². The van der Waals surface area contributed by atoms with E-state index in [1.165, 1.54) is 0 Å². The van der Waals surface area contributed by atoms with E-state index >= 15 is 0 Å². The molecule has 0 saturated carbocycles. The molecule has 0 aromatic rings. The molecule has 0 saturated heterocycles. The number of hydrogen-bond donors (Lipinski definition) is 2. The molecule has 1 atom stereocenters. The van der Waals surface area contributed by atoms with Gasteiger partial charge in [0.1, 0.15) is 0 Å². The summed E-state index contributed by atoms with van der Waals surface area (Å²) >= 11 is 0. The van der Waals surface area contributed by atoms with Gasteiger partial charge in [0.2, 0.25) is 0 Å². The highest BCUT2D eigenvalue weighted by Crippen LogP contribution is 1.91. The Labute approximate surface area is 56.3 Å². The lowest BCUT2D eigenvalue weighted by Crippen LogP contribution is -2.37. The van der Waals surface area contributed by atoms with Crippen molar-refractivity contribution in [3.63, 3.8) is 0 Å². The number of hydrogen-bond acceptors (Lipinski definition) is 3. The van der Waals surface area contributed by atoms with Crippen LogP contribution in [0.25, 0.3) is 0 Å². The molecule has 1 unspecified atom stereocenters. The standard InChI is InChI=1S/C6H15N3/c1-5(7)4-6(8)9(2)3/h6-7H,4,8H2,1-3H3. The maximum Gasteiger partial charge on any atom is 0.0619 e. The maximum absolute atomic E-state index is 7.11. The lowest BCUT2D eigenvalue weighted by Gasteiger charge is -2.18. The number of nitrogens with zero attached hydrogens (tertiary/aromatic N) is 1. The number of rotatable bonds is 3. The Balaban J connectivity index is 3.50. The normalized spacial score (nSPS) is 13.9. The predicted octanol–water partition coefficient (Wildman–Crippen LogP) is 0.263. The SMILES string of the molecule is CC(=N)CC(N)N(C)C. The summed E-state index contributed by atoms with van der Waals surface area (Å²) in [4.78, 5) is 1.90. The topological polar surface area (TPSA) is 53.1 Å². The van der Waals surface area contributed by atoms with Crippen molar-refractivity contribution in [3.05, 3.63) is 0 Å². The van der Waals surface area contributed by atoms with Crippen LogP contribution in [0.3, 0.4) is 0 Å². The molecule has 0 aliphatic carbocycles. The number of nitrogens with one attached hydrogen (secondary N) is 1. The highest BCUT2D eigenvalue weighted by Gasteiger charge is 2.03. The van der Waals surface area contributed by atoms with Gasteiger partial charge in [0, 0.05) is 12.1 Å². The first-order valence-electron chi connectivity index (χ1n) is 3.00. The van der Waals surface area contributed by atoms with Crippen LogP contribution >= 0.6 is 0 Å². The summed E-state index contributed by atoms with van der Waals surface area (Å²) in [6, 6.07) is 0. The first-order chi connectivity index (χ1) is 4.04. The molecule has 0 aromatic carbocycles. The zero-order valence-electron chi connectivity index (χ0n) is 6.31. The maximum atomic E-state index is 7.11. The summed E-state index contributed by atoms with van der Waals surface area (Å²) in [7, 11) is 3.82. The van der Waals surface area contributed by atoms with Gasteiger partial charge in [-0.15, -0.1) is 0 Å². The molecule has 3 heteroatoms. The average Bonchev–Trinajstić information content (AvgIpc) is 1.63. The third-order valence-electron chi connectivity index (χ3n) is 1.18. The Morgan fingerprint density at radius 1 is 1.67 bits per heavy atom. The van der Waals surface area contributed by atoms with Crippen LogP contribution in [0.5, 0.6) is 0 Å². The Hall–Kier alpha value is -0.410. The summed E-state index contributed by atoms with van der Waals surface area (Å²) < 4.78 is 0. The molecule has 0 aliphatic rings. The van der Waals surface area contributed by atoms with Crippen LogP contribution in [-0.2, 0) is 0 Å². The largest absolute Gasteiger partial charge is 0.315 e. The quantitative estimate of drug-likeness (QED) is 0.424. The van der Waals surface area contributed by atoms with Crippen molar-refractivity contribution < 1.29 is 0 Å². The van der Waals surface area contributed by atoms with E-state index in [9.17, 15) is 0 Å². The zero-order chi connectivity index (χ0) is 7.44. The molecule has 54 valence electrons. The molecule has 0 aromatic heterocycles. The molecule has 0 bridgehead atoms. The first-order valence-corrected chi connectivity index (χ1v) is 3.00. The van der Waals surface area contributed by atoms with Gasteiger partial charge in [-0.05, 0) is 21.0 Å². The predicted molar refractivity (Wildman–Crippen MR) is 39.7 cm³/mol. The van der Waals surface area contributed by atoms with Crippen molar-refractivity contribution in [2.45, 2.75) is 19.5 Å². The fourth-order valence-electron chi connectivity index (χ4n) is 0.496. The van der Waals surface area contributed by atoms with E-state index in [-0.39, 0.29) is 6.17 Å². The monoisotopic (exact) mass is 129 g/mol. The second-order valence-electron chi connectivity index (χ2n) is 2.52. The fraction of sp³-hybridized carbons (Fsp3) is 0.833. The highest BCUT2D eigenvalue weighted by molar-refractivity contribution is 5.78. The molecule has 3 nitrogen and oxygen atoms in total. The summed E-state index contributed by atoms with van der Waals surface area (Å²) in [6.45, 7) is 1.77. The van der Waals surface area contributed by atoms with Crippen LogP contribution in [0.1, 0.15) is 13.3 Å². The van der Waals surface area contributed by atoms with E-state index in [2.05, 4.69) is 0 Å². The lowest BCUT2D eigenvalue weighted by atomic mass is 10.2. The van der Waals surface area contributed by atoms with Gasteiger partial charge in [0.25, 0.3) is 0 Å². The smallest absolute Gasteiger partial charge is 0.0619 e. The third-order valence-corrected chi connectivity index (χ3v) is 1.18. The average molecular weight is 129 g/mol. The molecule has 0 spiro atoms. The van der Waals surface area contributed by atoms with E-state index < -0.39 is 0 Å². The summed E-state index contributed by atoms with van der Waals surface area (Å²) in [5.74, 6) is 0. The van der Waals surface area contributed by atoms with Crippen LogP contribution < -0.4 is 5.73 Å². The van der Waals surface area contributed by atoms with E-state index in [1.807, 2.05) is 19.0 Å². The molecule has 0 radical (unpaired) electrons. The van der Waals surface area contributed by atoms with E-state index in [0.717, 1.165) is 0 Å². The van der Waals surface area contributed by atoms with E-state index in [4.69, 9.17) is 11.1 Å². The first kappa shape index (κ1) is 8.59. The van der Waals surface area contributed by atoms with Crippen LogP contribution in [0, 0.1) is 5.41 Å². The van der Waals surface area contributed by atoms with Gasteiger partial charge < -0.3 is 11.1 Å². The van der Waals surface area contributed by atoms with Gasteiger partial charge in [-0.3, -0.25) is 4.90 Å². The molecule has 0 heterocycles. The van der Waals surface area contributed by atoms with Gasteiger partial charge in [0.15, 0.2) is 0 Å². The highest BCUT2D eigenvalue weighted by atomic mass is 15.2. The zero-order valence-corrected chi connectivity index (χ0v) is 6.31. The Morgan fingerprint density at radius 3 is 2.22 bits per heavy atom. The molecule has 3 N–H and O–H groups in total. The Bertz CT molecular complexity index is 98.5. The minimum Gasteiger partial charge on any atom is -0.315 e. The Morgan fingerprint density at radius 2 is 2.11 bits per heavy atom. The second kappa shape index (κ2) is 3.58. The van der Waals surface area contributed by atoms with Crippen molar-refractivity contribution in [2.75, 3.05) is 14.1 Å². The van der Waals surface area contributed by atoms with Gasteiger partial charge in [-0.2, -0.15) is 0 Å². The van der Waals surface area contributed by atoms with E-state index in [1.54, 1.807) is 6.92 Å². The van der Waals surface area contributed by atoms with Gasteiger partial charge in [0.05, 0.1) is 6.17 Å². The molecule has 0 amide bonds. The summed E-state index contributed by atoms with van der Waals surface area (Å²) in [5, 5.41) is 7.11. The van der Waals surface area contributed by atoms with Crippen LogP contribution in [0.15, 0.2) is 0 Å². The molecule has 0 aliphatic heterocycles. The minimum atomic E-state index is 0.00231. The van der Waals surface area contributed by atoms with Crippen molar-refractivity contribution in [1.82, 2.24) is 4.90 Å². The van der Waals surface area contributed by atoms with Crippen molar-refractivity contribution in [3.8, 4) is 0 Å². The fourth-order valence-corrected chi connectivity index (χ4v) is 0.496. The Kier molecular flexibility index (Phi) is 3.42. The minimum absolute atomic E-state index is 0.00231. The molecule has 9 heavy (non-hydrogen) atoms. The third kappa shape index (κ3) is 4.12. The van der Waals surface area contributed by atoms with Crippen molar-refractivity contribution in [2.24, 2.45) is 5.73 Å². The lowest BCUT2D eigenvalue weighted by molar-refractivity contribution is 0.307. The molecular weight excluding hydrogens is 114 g/mol. The molecule has 0 fully saturated rings.